The zero-order chi connectivity index (χ0) is 23.9. The predicted molar refractivity (Wildman–Crippen MR) is 125 cm³/mol. The van der Waals surface area contributed by atoms with Crippen molar-refractivity contribution in [3.8, 4) is 11.5 Å². The first-order chi connectivity index (χ1) is 15.7. The van der Waals surface area contributed by atoms with E-state index in [0.29, 0.717) is 21.4 Å². The first kappa shape index (κ1) is 22.7. The van der Waals surface area contributed by atoms with E-state index in [9.17, 15) is 19.8 Å². The van der Waals surface area contributed by atoms with Gasteiger partial charge in [0.2, 0.25) is 0 Å². The number of phenols is 1. The summed E-state index contributed by atoms with van der Waals surface area (Å²) >= 11 is 3.30. The number of rotatable bonds is 5. The fraction of sp³-hybridized carbons (Fsp3) is 0.200. The minimum atomic E-state index is -0.930. The molecule has 1 amide bonds. The molecule has 0 spiro atoms. The van der Waals surface area contributed by atoms with Gasteiger partial charge in [0.15, 0.2) is 11.5 Å². The number of ether oxygens (including phenoxy) is 1. The first-order valence-corrected chi connectivity index (χ1v) is 11.0. The number of carbonyl (C=O) groups is 2. The number of benzene rings is 2. The third-order valence-corrected chi connectivity index (χ3v) is 6.29. The van der Waals surface area contributed by atoms with Crippen LogP contribution in [0.5, 0.6) is 11.5 Å². The molecule has 170 valence electrons. The van der Waals surface area contributed by atoms with Crippen molar-refractivity contribution in [1.29, 1.82) is 0 Å². The third kappa shape index (κ3) is 4.02. The van der Waals surface area contributed by atoms with Crippen LogP contribution in [0, 0.1) is 13.8 Å². The molecule has 0 radical (unpaired) electrons. The van der Waals surface area contributed by atoms with E-state index in [0.717, 1.165) is 11.1 Å². The monoisotopic (exact) mass is 511 g/mol. The van der Waals surface area contributed by atoms with Crippen LogP contribution < -0.4 is 4.74 Å². The van der Waals surface area contributed by atoms with Crippen LogP contribution in [0.1, 0.15) is 34.1 Å². The Balaban J connectivity index is 1.96. The van der Waals surface area contributed by atoms with Crippen molar-refractivity contribution < 1.29 is 29.0 Å². The van der Waals surface area contributed by atoms with Crippen molar-refractivity contribution >= 4 is 33.4 Å². The molecule has 0 saturated carbocycles. The quantitative estimate of drug-likeness (QED) is 0.284. The number of aliphatic hydroxyl groups is 1. The van der Waals surface area contributed by atoms with Crippen molar-refractivity contribution in [2.24, 2.45) is 0 Å². The van der Waals surface area contributed by atoms with Gasteiger partial charge >= 0.3 is 0 Å². The van der Waals surface area contributed by atoms with Crippen molar-refractivity contribution in [1.82, 2.24) is 4.90 Å². The minimum Gasteiger partial charge on any atom is -0.507 e. The molecule has 1 aromatic heterocycles. The topological polar surface area (TPSA) is 100 Å². The van der Waals surface area contributed by atoms with Crippen molar-refractivity contribution in [2.75, 3.05) is 7.11 Å². The number of phenolic OH excluding ortho intramolecular Hbond substituents is 1. The molecule has 1 fully saturated rings. The molecule has 7 nitrogen and oxygen atoms in total. The zero-order valence-corrected chi connectivity index (χ0v) is 19.8. The molecule has 4 rings (SSSR count). The van der Waals surface area contributed by atoms with Gasteiger partial charge in [-0.15, -0.1) is 0 Å². The van der Waals surface area contributed by atoms with Gasteiger partial charge in [-0.1, -0.05) is 17.7 Å². The Morgan fingerprint density at radius 2 is 1.94 bits per heavy atom. The standard InChI is InChI=1S/C25H22BrNO6/c1-13-6-7-14(2)17(9-13)22(28)20-21(15-10-18(26)23(29)19(11-15)32-3)27(25(31)24(20)30)12-16-5-4-8-33-16/h4-11,21,28-29H,12H2,1-3H3/t21-/m1/s1. The largest absolute Gasteiger partial charge is 0.507 e. The van der Waals surface area contributed by atoms with Gasteiger partial charge in [0.1, 0.15) is 11.5 Å². The lowest BCUT2D eigenvalue weighted by Gasteiger charge is -2.25. The van der Waals surface area contributed by atoms with E-state index in [-0.39, 0.29) is 29.4 Å². The minimum absolute atomic E-state index is 0.0205. The molecule has 0 unspecified atom stereocenters. The molecular weight excluding hydrogens is 490 g/mol. The van der Waals surface area contributed by atoms with E-state index in [1.807, 2.05) is 26.0 Å². The number of nitrogens with zero attached hydrogens (tertiary/aromatic N) is 1. The molecule has 2 N–H and O–H groups in total. The Kier molecular flexibility index (Phi) is 6.03. The van der Waals surface area contributed by atoms with Gasteiger partial charge in [-0.25, -0.2) is 0 Å². The fourth-order valence-electron chi connectivity index (χ4n) is 4.00. The smallest absolute Gasteiger partial charge is 0.296 e. The molecule has 1 saturated heterocycles. The Hall–Kier alpha value is -3.52. The summed E-state index contributed by atoms with van der Waals surface area (Å²) in [6.45, 7) is 3.72. The zero-order valence-electron chi connectivity index (χ0n) is 18.3. The van der Waals surface area contributed by atoms with Crippen LogP contribution in [0.15, 0.2) is 63.2 Å². The average Bonchev–Trinajstić information content (AvgIpc) is 3.39. The SMILES string of the molecule is COc1cc([C@@H]2C(=C(O)c3cc(C)ccc3C)C(=O)C(=O)N2Cc2ccco2)cc(Br)c1O. The summed E-state index contributed by atoms with van der Waals surface area (Å²) in [5, 5.41) is 21.6. The Bertz CT molecular complexity index is 1280. The second-order valence-electron chi connectivity index (χ2n) is 7.88. The fourth-order valence-corrected chi connectivity index (χ4v) is 4.46. The number of hydrogen-bond acceptors (Lipinski definition) is 6. The number of methoxy groups -OCH3 is 1. The lowest BCUT2D eigenvalue weighted by atomic mass is 9.93. The predicted octanol–water partition coefficient (Wildman–Crippen LogP) is 5.00. The first-order valence-electron chi connectivity index (χ1n) is 10.2. The highest BCUT2D eigenvalue weighted by Gasteiger charge is 2.47. The second-order valence-corrected chi connectivity index (χ2v) is 8.73. The molecule has 3 aromatic rings. The van der Waals surface area contributed by atoms with Gasteiger partial charge < -0.3 is 24.3 Å². The Morgan fingerprint density at radius 1 is 1.18 bits per heavy atom. The van der Waals surface area contributed by atoms with Gasteiger partial charge in [-0.05, 0) is 71.2 Å². The van der Waals surface area contributed by atoms with Gasteiger partial charge in [-0.3, -0.25) is 9.59 Å². The number of halogens is 1. The molecule has 0 aliphatic carbocycles. The number of amides is 1. The molecule has 8 heteroatoms. The van der Waals surface area contributed by atoms with Crippen LogP contribution in [-0.2, 0) is 16.1 Å². The van der Waals surface area contributed by atoms with Crippen molar-refractivity contribution in [3.05, 3.63) is 86.8 Å². The molecule has 2 aromatic carbocycles. The van der Waals surface area contributed by atoms with Crippen LogP contribution in [0.4, 0.5) is 0 Å². The summed E-state index contributed by atoms with van der Waals surface area (Å²) in [7, 11) is 1.40. The number of aliphatic hydroxyl groups excluding tert-OH is 1. The van der Waals surface area contributed by atoms with E-state index in [4.69, 9.17) is 9.15 Å². The number of aryl methyl sites for hydroxylation is 2. The highest BCUT2D eigenvalue weighted by Crippen LogP contribution is 2.45. The number of Topliss-reactive ketones (excluding diaryl/α,β-unsaturated/α-hetero) is 1. The van der Waals surface area contributed by atoms with E-state index in [1.165, 1.54) is 18.3 Å². The maximum atomic E-state index is 13.2. The van der Waals surface area contributed by atoms with Crippen LogP contribution in [0.25, 0.3) is 5.76 Å². The number of hydrogen-bond donors (Lipinski definition) is 2. The maximum absolute atomic E-state index is 13.2. The van der Waals surface area contributed by atoms with Gasteiger partial charge in [-0.2, -0.15) is 0 Å². The summed E-state index contributed by atoms with van der Waals surface area (Å²) in [4.78, 5) is 27.7. The van der Waals surface area contributed by atoms with Crippen molar-refractivity contribution in [2.45, 2.75) is 26.4 Å². The van der Waals surface area contributed by atoms with Crippen LogP contribution in [0.3, 0.4) is 0 Å². The maximum Gasteiger partial charge on any atom is 0.296 e. The van der Waals surface area contributed by atoms with E-state index >= 15 is 0 Å². The molecule has 2 heterocycles. The summed E-state index contributed by atoms with van der Waals surface area (Å²) < 4.78 is 11.0. The summed E-state index contributed by atoms with van der Waals surface area (Å²) in [6, 6.07) is 11.1. The Labute approximate surface area is 199 Å². The normalized spacial score (nSPS) is 17.6. The number of likely N-dealkylation sites (tertiary alicyclic amines) is 1. The van der Waals surface area contributed by atoms with Crippen LogP contribution in [0.2, 0.25) is 0 Å². The van der Waals surface area contributed by atoms with Gasteiger partial charge in [0, 0.05) is 5.56 Å². The highest BCUT2D eigenvalue weighted by atomic mass is 79.9. The number of carbonyl (C=O) groups excluding carboxylic acids is 2. The van der Waals surface area contributed by atoms with Gasteiger partial charge in [0.05, 0.1) is 36.0 Å². The molecular formula is C25H22BrNO6. The lowest BCUT2D eigenvalue weighted by molar-refractivity contribution is -0.140. The Morgan fingerprint density at radius 3 is 2.61 bits per heavy atom. The summed E-state index contributed by atoms with van der Waals surface area (Å²) in [5.74, 6) is -1.28. The number of ketones is 1. The van der Waals surface area contributed by atoms with E-state index in [1.54, 1.807) is 30.3 Å². The molecule has 33 heavy (non-hydrogen) atoms. The van der Waals surface area contributed by atoms with E-state index in [2.05, 4.69) is 15.9 Å². The van der Waals surface area contributed by atoms with Crippen LogP contribution >= 0.6 is 15.9 Å². The van der Waals surface area contributed by atoms with E-state index < -0.39 is 17.7 Å². The second kappa shape index (κ2) is 8.78. The number of furan rings is 1. The number of aromatic hydroxyl groups is 1. The van der Waals surface area contributed by atoms with Gasteiger partial charge in [0.25, 0.3) is 11.7 Å². The van der Waals surface area contributed by atoms with Crippen molar-refractivity contribution in [3.63, 3.8) is 0 Å². The average molecular weight is 512 g/mol. The molecule has 1 aliphatic heterocycles. The molecule has 1 atom stereocenters. The third-order valence-electron chi connectivity index (χ3n) is 5.68. The molecule has 0 bridgehead atoms. The van der Waals surface area contributed by atoms with Crippen LogP contribution in [-0.4, -0.2) is 33.9 Å². The lowest BCUT2D eigenvalue weighted by Crippen LogP contribution is -2.29. The summed E-state index contributed by atoms with van der Waals surface area (Å²) in [6.07, 6.45) is 1.48. The summed E-state index contributed by atoms with van der Waals surface area (Å²) in [5.41, 5.74) is 2.57. The highest BCUT2D eigenvalue weighted by molar-refractivity contribution is 9.10. The molecule has 1 aliphatic rings.